The minimum atomic E-state index is -0.725. The number of benzene rings is 2. The third-order valence-corrected chi connectivity index (χ3v) is 5.48. The molecule has 0 N–H and O–H groups in total. The predicted molar refractivity (Wildman–Crippen MR) is 114 cm³/mol. The monoisotopic (exact) mass is 410 g/mol. The van der Waals surface area contributed by atoms with E-state index in [0.717, 1.165) is 11.1 Å². The van der Waals surface area contributed by atoms with Crippen molar-refractivity contribution < 1.29 is 23.7 Å². The molecular weight excluding hydrogens is 380 g/mol. The predicted octanol–water partition coefficient (Wildman–Crippen LogP) is 4.61. The SMILES string of the molecule is C=CC[C@]1(COCc2ccccc2)O[C@H]2OC(C)(C)OC2[C@H]1OCc1ccccc1. The van der Waals surface area contributed by atoms with E-state index >= 15 is 0 Å². The molecule has 2 aliphatic rings. The van der Waals surface area contributed by atoms with Gasteiger partial charge < -0.3 is 23.7 Å². The molecule has 0 spiro atoms. The van der Waals surface area contributed by atoms with Crippen LogP contribution in [-0.2, 0) is 36.9 Å². The first-order valence-corrected chi connectivity index (χ1v) is 10.4. The molecule has 4 rings (SSSR count). The van der Waals surface area contributed by atoms with Crippen LogP contribution >= 0.6 is 0 Å². The van der Waals surface area contributed by atoms with E-state index in [1.54, 1.807) is 0 Å². The molecule has 2 fully saturated rings. The lowest BCUT2D eigenvalue weighted by molar-refractivity contribution is -0.254. The van der Waals surface area contributed by atoms with E-state index in [0.29, 0.717) is 26.2 Å². The van der Waals surface area contributed by atoms with Gasteiger partial charge in [0.2, 0.25) is 0 Å². The maximum absolute atomic E-state index is 6.42. The Hall–Kier alpha value is -2.02. The van der Waals surface area contributed by atoms with Crippen LogP contribution in [0.2, 0.25) is 0 Å². The average Bonchev–Trinajstić information content (AvgIpc) is 3.17. The Kier molecular flexibility index (Phi) is 6.37. The van der Waals surface area contributed by atoms with Gasteiger partial charge in [0.15, 0.2) is 12.1 Å². The van der Waals surface area contributed by atoms with Crippen molar-refractivity contribution in [2.75, 3.05) is 6.61 Å². The molecule has 0 aromatic heterocycles. The van der Waals surface area contributed by atoms with Gasteiger partial charge in [-0.25, -0.2) is 0 Å². The molecule has 5 nitrogen and oxygen atoms in total. The van der Waals surface area contributed by atoms with Gasteiger partial charge in [0.05, 0.1) is 19.8 Å². The highest BCUT2D eigenvalue weighted by atomic mass is 16.8. The lowest BCUT2D eigenvalue weighted by atomic mass is 9.92. The number of hydrogen-bond donors (Lipinski definition) is 0. The van der Waals surface area contributed by atoms with E-state index in [9.17, 15) is 0 Å². The summed E-state index contributed by atoms with van der Waals surface area (Å²) in [7, 11) is 0. The molecule has 30 heavy (non-hydrogen) atoms. The lowest BCUT2D eigenvalue weighted by Crippen LogP contribution is -2.49. The van der Waals surface area contributed by atoms with Crippen LogP contribution in [0.1, 0.15) is 31.4 Å². The van der Waals surface area contributed by atoms with E-state index in [4.69, 9.17) is 23.7 Å². The number of fused-ring (bicyclic) bond motifs is 1. The second kappa shape index (κ2) is 9.00. The molecule has 2 aromatic rings. The van der Waals surface area contributed by atoms with Crippen LogP contribution in [0.15, 0.2) is 73.3 Å². The summed E-state index contributed by atoms with van der Waals surface area (Å²) in [5.74, 6) is -0.713. The van der Waals surface area contributed by atoms with Crippen LogP contribution in [0, 0.1) is 0 Å². The van der Waals surface area contributed by atoms with Gasteiger partial charge in [0.25, 0.3) is 0 Å². The normalized spacial score (nSPS) is 29.6. The maximum atomic E-state index is 6.42. The molecule has 0 saturated carbocycles. The molecule has 0 amide bonds. The van der Waals surface area contributed by atoms with Crippen molar-refractivity contribution in [3.63, 3.8) is 0 Å². The fourth-order valence-corrected chi connectivity index (χ4v) is 4.16. The second-order valence-corrected chi connectivity index (χ2v) is 8.34. The maximum Gasteiger partial charge on any atom is 0.190 e. The van der Waals surface area contributed by atoms with Crippen molar-refractivity contribution in [3.8, 4) is 0 Å². The fraction of sp³-hybridized carbons (Fsp3) is 0.440. The van der Waals surface area contributed by atoms with Crippen LogP contribution < -0.4 is 0 Å². The summed E-state index contributed by atoms with van der Waals surface area (Å²) < 4.78 is 31.1. The minimum Gasteiger partial charge on any atom is -0.374 e. The van der Waals surface area contributed by atoms with Crippen molar-refractivity contribution >= 4 is 0 Å². The van der Waals surface area contributed by atoms with Gasteiger partial charge in [-0.05, 0) is 31.4 Å². The summed E-state index contributed by atoms with van der Waals surface area (Å²) in [5, 5.41) is 0. The van der Waals surface area contributed by atoms with Gasteiger partial charge in [-0.1, -0.05) is 66.7 Å². The molecule has 0 radical (unpaired) electrons. The van der Waals surface area contributed by atoms with Gasteiger partial charge in [-0.2, -0.15) is 0 Å². The largest absolute Gasteiger partial charge is 0.374 e. The second-order valence-electron chi connectivity index (χ2n) is 8.34. The third kappa shape index (κ3) is 4.66. The molecule has 2 heterocycles. The highest BCUT2D eigenvalue weighted by Crippen LogP contribution is 2.45. The summed E-state index contributed by atoms with van der Waals surface area (Å²) in [5.41, 5.74) is 1.48. The zero-order valence-corrected chi connectivity index (χ0v) is 17.7. The van der Waals surface area contributed by atoms with Crippen LogP contribution in [-0.4, -0.2) is 36.5 Å². The molecule has 2 saturated heterocycles. The quantitative estimate of drug-likeness (QED) is 0.565. The Morgan fingerprint density at radius 2 is 1.53 bits per heavy atom. The molecule has 0 aliphatic carbocycles. The first-order chi connectivity index (χ1) is 14.5. The fourth-order valence-electron chi connectivity index (χ4n) is 4.16. The number of hydrogen-bond acceptors (Lipinski definition) is 5. The van der Waals surface area contributed by atoms with Gasteiger partial charge in [-0.3, -0.25) is 0 Å². The Balaban J connectivity index is 1.51. The molecule has 1 unspecified atom stereocenters. The van der Waals surface area contributed by atoms with Crippen LogP contribution in [0.4, 0.5) is 0 Å². The molecular formula is C25H30O5. The molecule has 2 aliphatic heterocycles. The highest BCUT2D eigenvalue weighted by Gasteiger charge is 2.62. The van der Waals surface area contributed by atoms with Crippen molar-refractivity contribution in [1.29, 1.82) is 0 Å². The van der Waals surface area contributed by atoms with Crippen molar-refractivity contribution in [1.82, 2.24) is 0 Å². The smallest absolute Gasteiger partial charge is 0.190 e. The molecule has 4 atom stereocenters. The van der Waals surface area contributed by atoms with Crippen LogP contribution in [0.5, 0.6) is 0 Å². The van der Waals surface area contributed by atoms with Crippen molar-refractivity contribution in [3.05, 3.63) is 84.4 Å². The Morgan fingerprint density at radius 1 is 0.900 bits per heavy atom. The summed E-state index contributed by atoms with van der Waals surface area (Å²) in [4.78, 5) is 0. The van der Waals surface area contributed by atoms with Gasteiger partial charge in [0.1, 0.15) is 17.8 Å². The number of rotatable bonds is 9. The van der Waals surface area contributed by atoms with Crippen molar-refractivity contribution in [2.45, 2.75) is 63.4 Å². The molecule has 5 heteroatoms. The van der Waals surface area contributed by atoms with E-state index in [1.165, 1.54) is 0 Å². The van der Waals surface area contributed by atoms with E-state index < -0.39 is 17.7 Å². The summed E-state index contributed by atoms with van der Waals surface area (Å²) >= 11 is 0. The van der Waals surface area contributed by atoms with E-state index in [-0.39, 0.29) is 12.2 Å². The van der Waals surface area contributed by atoms with E-state index in [2.05, 4.69) is 6.58 Å². The van der Waals surface area contributed by atoms with Gasteiger partial charge in [-0.15, -0.1) is 6.58 Å². The topological polar surface area (TPSA) is 46.2 Å². The number of ether oxygens (including phenoxy) is 5. The molecule has 0 bridgehead atoms. The minimum absolute atomic E-state index is 0.330. The summed E-state index contributed by atoms with van der Waals surface area (Å²) in [6.45, 7) is 9.03. The average molecular weight is 411 g/mol. The first-order valence-electron chi connectivity index (χ1n) is 10.4. The Labute approximate surface area is 178 Å². The van der Waals surface area contributed by atoms with E-state index in [1.807, 2.05) is 80.6 Å². The zero-order chi connectivity index (χ0) is 21.0. The first kappa shape index (κ1) is 21.2. The standard InChI is InChI=1S/C25H30O5/c1-4-15-25(18-26-16-19-11-7-5-8-12-19)22(27-17-20-13-9-6-10-14-20)21-23(30-25)29-24(2,3)28-21/h4-14,21-23H,1,15-18H2,2-3H3/t21?,22-,23-,25-/m1/s1. The summed E-state index contributed by atoms with van der Waals surface area (Å²) in [6, 6.07) is 20.2. The molecule has 2 aromatic carbocycles. The lowest BCUT2D eigenvalue weighted by Gasteiger charge is -2.36. The zero-order valence-electron chi connectivity index (χ0n) is 17.7. The Morgan fingerprint density at radius 3 is 2.17 bits per heavy atom. The van der Waals surface area contributed by atoms with Crippen LogP contribution in [0.3, 0.4) is 0 Å². The van der Waals surface area contributed by atoms with Crippen LogP contribution in [0.25, 0.3) is 0 Å². The van der Waals surface area contributed by atoms with Gasteiger partial charge in [0, 0.05) is 0 Å². The Bertz CT molecular complexity index is 822. The van der Waals surface area contributed by atoms with Gasteiger partial charge >= 0.3 is 0 Å². The summed E-state index contributed by atoms with van der Waals surface area (Å²) in [6.07, 6.45) is 1.24. The molecule has 160 valence electrons. The van der Waals surface area contributed by atoms with Crippen molar-refractivity contribution in [2.24, 2.45) is 0 Å². The highest BCUT2D eigenvalue weighted by molar-refractivity contribution is 5.15. The third-order valence-electron chi connectivity index (χ3n) is 5.48.